The maximum Gasteiger partial charge on any atom is 0.150 e. The van der Waals surface area contributed by atoms with Crippen LogP contribution in [0.3, 0.4) is 0 Å². The number of allylic oxidation sites excluding steroid dienone is 2. The summed E-state index contributed by atoms with van der Waals surface area (Å²) >= 11 is 0. The van der Waals surface area contributed by atoms with Crippen molar-refractivity contribution in [3.05, 3.63) is 103 Å². The number of nitrogens with zero attached hydrogens (tertiary/aromatic N) is 3. The molecule has 0 bridgehead atoms. The fourth-order valence-electron chi connectivity index (χ4n) is 3.28. The van der Waals surface area contributed by atoms with Crippen molar-refractivity contribution in [2.75, 3.05) is 12.3 Å². The molecule has 0 amide bonds. The zero-order valence-electron chi connectivity index (χ0n) is 19.1. The number of anilines is 1. The lowest BCUT2D eigenvalue weighted by Gasteiger charge is -2.08. The topological polar surface area (TPSA) is 85.7 Å². The number of aliphatic hydroxyl groups excluding tert-OH is 1. The SMILES string of the molecule is C/C(=C\Cc1nc(-c2cccc(OCc3ccccc3)c2)c2c(N)nccn12)CO.C=CC. The highest BCUT2D eigenvalue weighted by Gasteiger charge is 2.16. The van der Waals surface area contributed by atoms with Gasteiger partial charge in [0.15, 0.2) is 0 Å². The van der Waals surface area contributed by atoms with Gasteiger partial charge in [-0.25, -0.2) is 9.97 Å². The molecule has 4 aromatic rings. The Kier molecular flexibility index (Phi) is 8.38. The summed E-state index contributed by atoms with van der Waals surface area (Å²) in [6.07, 6.45) is 7.82. The summed E-state index contributed by atoms with van der Waals surface area (Å²) in [5.74, 6) is 2.01. The number of hydrogen-bond acceptors (Lipinski definition) is 5. The summed E-state index contributed by atoms with van der Waals surface area (Å²) in [6, 6.07) is 17.9. The van der Waals surface area contributed by atoms with Gasteiger partial charge >= 0.3 is 0 Å². The number of rotatable bonds is 7. The molecule has 2 heterocycles. The Balaban J connectivity index is 0.000000968. The Morgan fingerprint density at radius 2 is 1.94 bits per heavy atom. The van der Waals surface area contributed by atoms with Gasteiger partial charge in [0.2, 0.25) is 0 Å². The van der Waals surface area contributed by atoms with Gasteiger partial charge in [-0.05, 0) is 31.5 Å². The first-order valence-corrected chi connectivity index (χ1v) is 10.8. The van der Waals surface area contributed by atoms with Crippen LogP contribution in [0.2, 0.25) is 0 Å². The first-order chi connectivity index (χ1) is 16.1. The van der Waals surface area contributed by atoms with Gasteiger partial charge < -0.3 is 15.6 Å². The van der Waals surface area contributed by atoms with Crippen molar-refractivity contribution in [2.45, 2.75) is 26.9 Å². The molecule has 2 aromatic heterocycles. The zero-order chi connectivity index (χ0) is 23.6. The number of benzene rings is 2. The summed E-state index contributed by atoms with van der Waals surface area (Å²) in [5.41, 5.74) is 10.6. The lowest BCUT2D eigenvalue weighted by Crippen LogP contribution is -1.98. The monoisotopic (exact) mass is 442 g/mol. The number of nitrogens with two attached hydrogens (primary N) is 1. The lowest BCUT2D eigenvalue weighted by atomic mass is 10.1. The third-order valence-corrected chi connectivity index (χ3v) is 4.89. The summed E-state index contributed by atoms with van der Waals surface area (Å²) in [5, 5.41) is 9.28. The number of ether oxygens (including phenoxy) is 1. The second-order valence-corrected chi connectivity index (χ2v) is 7.53. The molecule has 6 nitrogen and oxygen atoms in total. The molecule has 33 heavy (non-hydrogen) atoms. The highest BCUT2D eigenvalue weighted by molar-refractivity contribution is 5.85. The predicted octanol–water partition coefficient (Wildman–Crippen LogP) is 5.23. The smallest absolute Gasteiger partial charge is 0.150 e. The normalized spacial score (nSPS) is 11.1. The van der Waals surface area contributed by atoms with Crippen molar-refractivity contribution in [1.29, 1.82) is 0 Å². The van der Waals surface area contributed by atoms with Crippen LogP contribution in [0.1, 0.15) is 25.2 Å². The van der Waals surface area contributed by atoms with E-state index in [0.717, 1.165) is 39.5 Å². The summed E-state index contributed by atoms with van der Waals surface area (Å²) in [6.45, 7) is 7.66. The second kappa shape index (κ2) is 11.6. The van der Waals surface area contributed by atoms with Gasteiger partial charge in [0, 0.05) is 24.4 Å². The van der Waals surface area contributed by atoms with Crippen molar-refractivity contribution >= 4 is 11.3 Å². The van der Waals surface area contributed by atoms with E-state index in [-0.39, 0.29) is 6.61 Å². The number of aliphatic hydroxyl groups is 1. The maximum absolute atomic E-state index is 9.28. The minimum Gasteiger partial charge on any atom is -0.489 e. The van der Waals surface area contributed by atoms with Crippen LogP contribution >= 0.6 is 0 Å². The Hall–Kier alpha value is -3.90. The molecule has 6 heteroatoms. The van der Waals surface area contributed by atoms with Crippen LogP contribution in [-0.2, 0) is 13.0 Å². The Morgan fingerprint density at radius 1 is 1.18 bits per heavy atom. The fraction of sp³-hybridized carbons (Fsp3) is 0.185. The van der Waals surface area contributed by atoms with E-state index in [1.807, 2.05) is 85.1 Å². The van der Waals surface area contributed by atoms with E-state index >= 15 is 0 Å². The van der Waals surface area contributed by atoms with Crippen molar-refractivity contribution in [3.8, 4) is 17.0 Å². The van der Waals surface area contributed by atoms with Crippen LogP contribution < -0.4 is 10.5 Å². The van der Waals surface area contributed by atoms with Crippen LogP contribution in [0, 0.1) is 0 Å². The molecular formula is C27H30N4O2. The van der Waals surface area contributed by atoms with E-state index in [1.165, 1.54) is 0 Å². The predicted molar refractivity (Wildman–Crippen MR) is 134 cm³/mol. The van der Waals surface area contributed by atoms with Crippen LogP contribution in [-0.4, -0.2) is 26.1 Å². The largest absolute Gasteiger partial charge is 0.489 e. The van der Waals surface area contributed by atoms with E-state index in [0.29, 0.717) is 18.8 Å². The van der Waals surface area contributed by atoms with Crippen LogP contribution in [0.4, 0.5) is 5.82 Å². The molecule has 0 saturated heterocycles. The maximum atomic E-state index is 9.28. The lowest BCUT2D eigenvalue weighted by molar-refractivity contribution is 0.306. The average Bonchev–Trinajstić information content (AvgIpc) is 3.22. The van der Waals surface area contributed by atoms with Crippen LogP contribution in [0.5, 0.6) is 5.75 Å². The first-order valence-electron chi connectivity index (χ1n) is 10.8. The highest BCUT2D eigenvalue weighted by atomic mass is 16.5. The van der Waals surface area contributed by atoms with Crippen LogP contribution in [0.15, 0.2) is 91.3 Å². The van der Waals surface area contributed by atoms with E-state index in [4.69, 9.17) is 15.5 Å². The number of nitrogen functional groups attached to an aromatic ring is 1. The molecule has 0 fully saturated rings. The molecule has 0 aliphatic carbocycles. The molecule has 170 valence electrons. The molecule has 0 aliphatic heterocycles. The second-order valence-electron chi connectivity index (χ2n) is 7.53. The zero-order valence-corrected chi connectivity index (χ0v) is 19.1. The Bertz CT molecular complexity index is 1230. The quantitative estimate of drug-likeness (QED) is 0.383. The van der Waals surface area contributed by atoms with Gasteiger partial charge in [-0.2, -0.15) is 0 Å². The molecule has 0 atom stereocenters. The van der Waals surface area contributed by atoms with E-state index in [1.54, 1.807) is 12.3 Å². The summed E-state index contributed by atoms with van der Waals surface area (Å²) < 4.78 is 7.93. The number of imidazole rings is 1. The van der Waals surface area contributed by atoms with Crippen LogP contribution in [0.25, 0.3) is 16.8 Å². The van der Waals surface area contributed by atoms with Crippen molar-refractivity contribution in [1.82, 2.24) is 14.4 Å². The highest BCUT2D eigenvalue weighted by Crippen LogP contribution is 2.30. The summed E-state index contributed by atoms with van der Waals surface area (Å²) in [7, 11) is 0. The molecule has 3 N–H and O–H groups in total. The number of aromatic nitrogens is 3. The standard InChI is InChI=1S/C24H24N4O2.C3H6/c1-17(15-29)10-11-21-27-22(23-24(25)26-12-13-28(21)23)19-8-5-9-20(14-19)30-16-18-6-3-2-4-7-18;1-3-2/h2-10,12-14,29H,11,15-16H2,1H3,(H2,25,26);3H,1H2,2H3/b17-10+;. The summed E-state index contributed by atoms with van der Waals surface area (Å²) in [4.78, 5) is 9.09. The number of hydrogen-bond donors (Lipinski definition) is 2. The average molecular weight is 443 g/mol. The molecular weight excluding hydrogens is 412 g/mol. The molecule has 0 saturated carbocycles. The minimum atomic E-state index is 0.0284. The van der Waals surface area contributed by atoms with Gasteiger partial charge in [-0.1, -0.05) is 60.2 Å². The molecule has 2 aromatic carbocycles. The van der Waals surface area contributed by atoms with Gasteiger partial charge in [0.1, 0.15) is 35.2 Å². The molecule has 0 unspecified atom stereocenters. The first kappa shape index (κ1) is 23.8. The van der Waals surface area contributed by atoms with Gasteiger partial charge in [0.05, 0.1) is 6.61 Å². The van der Waals surface area contributed by atoms with E-state index in [9.17, 15) is 5.11 Å². The van der Waals surface area contributed by atoms with Crippen molar-refractivity contribution in [3.63, 3.8) is 0 Å². The minimum absolute atomic E-state index is 0.0284. The third kappa shape index (κ3) is 6.08. The Labute approximate surface area is 194 Å². The molecule has 0 spiro atoms. The number of fused-ring (bicyclic) bond motifs is 1. The molecule has 0 radical (unpaired) electrons. The molecule has 4 rings (SSSR count). The van der Waals surface area contributed by atoms with Crippen molar-refractivity contribution < 1.29 is 9.84 Å². The van der Waals surface area contributed by atoms with E-state index in [2.05, 4.69) is 11.6 Å². The van der Waals surface area contributed by atoms with Gasteiger partial charge in [0.25, 0.3) is 0 Å². The fourth-order valence-corrected chi connectivity index (χ4v) is 3.28. The third-order valence-electron chi connectivity index (χ3n) is 4.89. The Morgan fingerprint density at radius 3 is 2.67 bits per heavy atom. The van der Waals surface area contributed by atoms with Gasteiger partial charge in [-0.3, -0.25) is 4.40 Å². The molecule has 0 aliphatic rings. The van der Waals surface area contributed by atoms with Gasteiger partial charge in [-0.15, -0.1) is 6.58 Å². The van der Waals surface area contributed by atoms with Crippen molar-refractivity contribution in [2.24, 2.45) is 0 Å². The van der Waals surface area contributed by atoms with E-state index < -0.39 is 0 Å².